The fourth-order valence-electron chi connectivity index (χ4n) is 4.94. The molecule has 6 nitrogen and oxygen atoms in total. The van der Waals surface area contributed by atoms with E-state index in [0.717, 1.165) is 46.3 Å². The van der Waals surface area contributed by atoms with Gasteiger partial charge in [-0.25, -0.2) is 0 Å². The molecule has 7 heteroatoms. The van der Waals surface area contributed by atoms with Crippen LogP contribution in [0.25, 0.3) is 16.9 Å². The van der Waals surface area contributed by atoms with Crippen molar-refractivity contribution in [2.75, 3.05) is 6.61 Å². The van der Waals surface area contributed by atoms with Gasteiger partial charge in [-0.3, -0.25) is 9.48 Å². The van der Waals surface area contributed by atoms with Gasteiger partial charge >= 0.3 is 5.97 Å². The van der Waals surface area contributed by atoms with Crippen molar-refractivity contribution in [1.82, 2.24) is 14.9 Å². The minimum atomic E-state index is -0.383. The Morgan fingerprint density at radius 3 is 2.59 bits per heavy atom. The van der Waals surface area contributed by atoms with Crippen molar-refractivity contribution >= 4 is 27.5 Å². The van der Waals surface area contributed by atoms with E-state index in [1.807, 2.05) is 24.7 Å². The quantitative estimate of drug-likeness (QED) is 0.338. The standard InChI is InChI=1S/C27H28BrN3O3/c1-4-33-26(32)27(11-12-27)24-10-9-21(13-17(24)2)19-5-7-20(8-6-19)25-23(18(3)30-34-25)16-31-15-22(28)14-29-31/h5-10,14-15,17H,4,11-13,16H2,1-3H3. The van der Waals surface area contributed by atoms with Gasteiger partial charge in [-0.2, -0.15) is 5.10 Å². The molecule has 1 fully saturated rings. The summed E-state index contributed by atoms with van der Waals surface area (Å²) >= 11 is 3.45. The van der Waals surface area contributed by atoms with Gasteiger partial charge in [-0.05, 0) is 71.7 Å². The van der Waals surface area contributed by atoms with Crippen molar-refractivity contribution in [1.29, 1.82) is 0 Å². The Hall–Kier alpha value is -2.93. The monoisotopic (exact) mass is 521 g/mol. The normalized spacial score (nSPS) is 18.9. The van der Waals surface area contributed by atoms with Crippen LogP contribution in [-0.2, 0) is 16.1 Å². The van der Waals surface area contributed by atoms with Gasteiger partial charge in [0, 0.05) is 17.3 Å². The van der Waals surface area contributed by atoms with E-state index < -0.39 is 0 Å². The Morgan fingerprint density at radius 2 is 1.97 bits per heavy atom. The molecule has 5 rings (SSSR count). The Bertz CT molecular complexity index is 1280. The highest BCUT2D eigenvalue weighted by molar-refractivity contribution is 9.10. The first kappa shape index (κ1) is 22.8. The number of hydrogen-bond donors (Lipinski definition) is 0. The summed E-state index contributed by atoms with van der Waals surface area (Å²) in [5.74, 6) is 1.02. The molecule has 2 heterocycles. The van der Waals surface area contributed by atoms with Gasteiger partial charge in [0.05, 0.1) is 34.9 Å². The highest BCUT2D eigenvalue weighted by atomic mass is 79.9. The predicted molar refractivity (Wildman–Crippen MR) is 134 cm³/mol. The molecule has 0 radical (unpaired) electrons. The number of carbonyl (C=O) groups is 1. The highest BCUT2D eigenvalue weighted by Gasteiger charge is 2.55. The van der Waals surface area contributed by atoms with Crippen LogP contribution < -0.4 is 0 Å². The number of rotatable bonds is 7. The first-order valence-corrected chi connectivity index (χ1v) is 12.5. The molecule has 176 valence electrons. The van der Waals surface area contributed by atoms with E-state index in [4.69, 9.17) is 9.26 Å². The summed E-state index contributed by atoms with van der Waals surface area (Å²) < 4.78 is 13.9. The molecule has 1 atom stereocenters. The van der Waals surface area contributed by atoms with Gasteiger partial charge in [0.2, 0.25) is 0 Å². The Labute approximate surface area is 207 Å². The Balaban J connectivity index is 1.37. The summed E-state index contributed by atoms with van der Waals surface area (Å²) in [6, 6.07) is 8.45. The van der Waals surface area contributed by atoms with Crippen molar-refractivity contribution < 1.29 is 14.1 Å². The van der Waals surface area contributed by atoms with E-state index in [0.29, 0.717) is 19.1 Å². The van der Waals surface area contributed by atoms with Crippen molar-refractivity contribution in [3.63, 3.8) is 0 Å². The number of benzene rings is 1. The fraction of sp³-hybridized carbons (Fsp3) is 0.370. The molecule has 0 bridgehead atoms. The van der Waals surface area contributed by atoms with Gasteiger partial charge in [0.15, 0.2) is 5.76 Å². The van der Waals surface area contributed by atoms with Crippen LogP contribution in [0, 0.1) is 18.3 Å². The van der Waals surface area contributed by atoms with E-state index in [1.165, 1.54) is 16.7 Å². The summed E-state index contributed by atoms with van der Waals surface area (Å²) in [5.41, 5.74) is 6.17. The molecule has 0 saturated heterocycles. The van der Waals surface area contributed by atoms with Crippen LogP contribution in [0.3, 0.4) is 0 Å². The average Bonchev–Trinajstić information content (AvgIpc) is 3.42. The molecule has 3 aromatic rings. The number of allylic oxidation sites excluding steroid dienone is 3. The maximum absolute atomic E-state index is 12.5. The molecule has 0 N–H and O–H groups in total. The summed E-state index contributed by atoms with van der Waals surface area (Å²) in [6.45, 7) is 7.06. The molecule has 0 amide bonds. The SMILES string of the molecule is CCOC(=O)C1(C2=CC=C(c3ccc(-c4onc(C)c4Cn4cc(Br)cn4)cc3)CC2C)CC1. The summed E-state index contributed by atoms with van der Waals surface area (Å²) in [6.07, 6.45) is 10.7. The second-order valence-corrected chi connectivity index (χ2v) is 10.1. The number of hydrogen-bond acceptors (Lipinski definition) is 5. The number of esters is 1. The zero-order chi connectivity index (χ0) is 23.9. The minimum absolute atomic E-state index is 0.0603. The van der Waals surface area contributed by atoms with E-state index in [9.17, 15) is 4.79 Å². The van der Waals surface area contributed by atoms with E-state index in [2.05, 4.69) is 69.5 Å². The van der Waals surface area contributed by atoms with Crippen LogP contribution in [-0.4, -0.2) is 27.5 Å². The van der Waals surface area contributed by atoms with Gasteiger partial charge in [0.25, 0.3) is 0 Å². The molecule has 34 heavy (non-hydrogen) atoms. The van der Waals surface area contributed by atoms with Crippen LogP contribution in [0.15, 0.2) is 63.4 Å². The molecule has 1 aromatic carbocycles. The van der Waals surface area contributed by atoms with Gasteiger partial charge in [0.1, 0.15) is 0 Å². The summed E-state index contributed by atoms with van der Waals surface area (Å²) in [4.78, 5) is 12.5. The number of halogens is 1. The van der Waals surface area contributed by atoms with Crippen molar-refractivity contribution in [3.05, 3.63) is 75.7 Å². The number of carbonyl (C=O) groups excluding carboxylic acids is 1. The second kappa shape index (κ2) is 9.02. The lowest BCUT2D eigenvalue weighted by molar-refractivity contribution is -0.148. The second-order valence-electron chi connectivity index (χ2n) is 9.23. The zero-order valence-corrected chi connectivity index (χ0v) is 21.3. The van der Waals surface area contributed by atoms with Gasteiger partial charge < -0.3 is 9.26 Å². The van der Waals surface area contributed by atoms with Crippen LogP contribution in [0.5, 0.6) is 0 Å². The topological polar surface area (TPSA) is 70.2 Å². The Kier molecular flexibility index (Phi) is 6.06. The molecule has 2 aliphatic carbocycles. The van der Waals surface area contributed by atoms with E-state index in [-0.39, 0.29) is 11.4 Å². The minimum Gasteiger partial charge on any atom is -0.465 e. The largest absolute Gasteiger partial charge is 0.465 e. The summed E-state index contributed by atoms with van der Waals surface area (Å²) in [5, 5.41) is 8.55. The van der Waals surface area contributed by atoms with Crippen LogP contribution in [0.4, 0.5) is 0 Å². The smallest absolute Gasteiger partial charge is 0.316 e. The van der Waals surface area contributed by atoms with E-state index >= 15 is 0 Å². The van der Waals surface area contributed by atoms with Crippen molar-refractivity contribution in [2.45, 2.75) is 46.6 Å². The van der Waals surface area contributed by atoms with Crippen LogP contribution in [0.2, 0.25) is 0 Å². The molecule has 1 saturated carbocycles. The van der Waals surface area contributed by atoms with Crippen molar-refractivity contribution in [2.24, 2.45) is 11.3 Å². The lowest BCUT2D eigenvalue weighted by Gasteiger charge is -2.27. The molecular weight excluding hydrogens is 494 g/mol. The Morgan fingerprint density at radius 1 is 1.24 bits per heavy atom. The van der Waals surface area contributed by atoms with Crippen LogP contribution in [0.1, 0.15) is 49.9 Å². The maximum atomic E-state index is 12.5. The lowest BCUT2D eigenvalue weighted by atomic mass is 9.78. The molecular formula is C27H28BrN3O3. The number of nitrogens with zero attached hydrogens (tertiary/aromatic N) is 3. The van der Waals surface area contributed by atoms with E-state index in [1.54, 1.807) is 6.20 Å². The third kappa shape index (κ3) is 4.17. The molecule has 0 spiro atoms. The van der Waals surface area contributed by atoms with Crippen LogP contribution >= 0.6 is 15.9 Å². The van der Waals surface area contributed by atoms with Gasteiger partial charge in [-0.1, -0.05) is 48.5 Å². The molecule has 1 unspecified atom stereocenters. The fourth-order valence-corrected chi connectivity index (χ4v) is 5.26. The third-order valence-corrected chi connectivity index (χ3v) is 7.32. The third-order valence-electron chi connectivity index (χ3n) is 6.91. The van der Waals surface area contributed by atoms with Crippen molar-refractivity contribution in [3.8, 4) is 11.3 Å². The predicted octanol–water partition coefficient (Wildman–Crippen LogP) is 6.35. The highest BCUT2D eigenvalue weighted by Crippen LogP contribution is 2.57. The maximum Gasteiger partial charge on any atom is 0.316 e. The number of aryl methyl sites for hydroxylation is 1. The number of ether oxygens (including phenoxy) is 1. The first-order chi connectivity index (χ1) is 16.4. The number of aromatic nitrogens is 3. The first-order valence-electron chi connectivity index (χ1n) is 11.7. The molecule has 2 aromatic heterocycles. The average molecular weight is 522 g/mol. The van der Waals surface area contributed by atoms with Gasteiger partial charge in [-0.15, -0.1) is 0 Å². The molecule has 2 aliphatic rings. The molecule has 0 aliphatic heterocycles. The zero-order valence-electron chi connectivity index (χ0n) is 19.7. The summed E-state index contributed by atoms with van der Waals surface area (Å²) in [7, 11) is 0. The lowest BCUT2D eigenvalue weighted by Crippen LogP contribution is -2.25.